The maximum Gasteiger partial charge on any atom is 0.230 e. The van der Waals surface area contributed by atoms with Crippen LogP contribution in [0.3, 0.4) is 0 Å². The summed E-state index contributed by atoms with van der Waals surface area (Å²) >= 11 is 0. The Kier molecular flexibility index (Phi) is 10.7. The Labute approximate surface area is 253 Å². The Morgan fingerprint density at radius 2 is 1.44 bits per heavy atom. The SMILES string of the molecule is O=C(Cc1cc(CCN(Cc2ccccc2)CC(O)c2ccc(OCc3ccccc3)cc2)ccn1)Nc1ccccc1. The second kappa shape index (κ2) is 15.4. The van der Waals surface area contributed by atoms with E-state index in [1.165, 1.54) is 5.56 Å². The number of hydrogen-bond donors (Lipinski definition) is 2. The van der Waals surface area contributed by atoms with Gasteiger partial charge in [0.05, 0.1) is 12.5 Å². The molecule has 6 nitrogen and oxygen atoms in total. The van der Waals surface area contributed by atoms with E-state index in [0.29, 0.717) is 19.7 Å². The molecular formula is C37H37N3O3. The molecule has 1 unspecified atom stereocenters. The maximum atomic E-state index is 12.5. The predicted octanol–water partition coefficient (Wildman–Crippen LogP) is 6.62. The van der Waals surface area contributed by atoms with Crippen molar-refractivity contribution >= 4 is 11.6 Å². The van der Waals surface area contributed by atoms with E-state index in [9.17, 15) is 9.90 Å². The van der Waals surface area contributed by atoms with Gasteiger partial charge in [0.1, 0.15) is 12.4 Å². The van der Waals surface area contributed by atoms with Gasteiger partial charge in [0.25, 0.3) is 0 Å². The molecule has 0 saturated heterocycles. The number of rotatable bonds is 14. The minimum atomic E-state index is -0.651. The van der Waals surface area contributed by atoms with Crippen molar-refractivity contribution in [3.63, 3.8) is 0 Å². The number of carbonyl (C=O) groups excluding carboxylic acids is 1. The van der Waals surface area contributed by atoms with Gasteiger partial charge in [0.2, 0.25) is 5.91 Å². The number of hydrogen-bond acceptors (Lipinski definition) is 5. The standard InChI is InChI=1S/C37H37N3O3/c41-36(32-16-18-35(19-17-32)43-28-31-12-6-2-7-13-31)27-40(26-30-10-4-1-5-11-30)23-21-29-20-22-38-34(24-29)25-37(42)39-33-14-8-3-9-15-33/h1-20,22,24,36,41H,21,23,25-28H2,(H,39,42). The molecule has 1 heterocycles. The Bertz CT molecular complexity index is 1550. The van der Waals surface area contributed by atoms with E-state index in [-0.39, 0.29) is 12.3 Å². The highest BCUT2D eigenvalue weighted by atomic mass is 16.5. The van der Waals surface area contributed by atoms with E-state index in [0.717, 1.165) is 46.8 Å². The Morgan fingerprint density at radius 3 is 2.14 bits per heavy atom. The van der Waals surface area contributed by atoms with E-state index in [1.807, 2.05) is 115 Å². The number of benzene rings is 4. The van der Waals surface area contributed by atoms with Crippen LogP contribution in [0, 0.1) is 0 Å². The minimum absolute atomic E-state index is 0.0961. The third kappa shape index (κ3) is 9.64. The summed E-state index contributed by atoms with van der Waals surface area (Å²) in [4.78, 5) is 19.2. The molecule has 43 heavy (non-hydrogen) atoms. The van der Waals surface area contributed by atoms with Crippen LogP contribution in [0.15, 0.2) is 134 Å². The molecule has 0 spiro atoms. The van der Waals surface area contributed by atoms with Crippen LogP contribution in [0.25, 0.3) is 0 Å². The van der Waals surface area contributed by atoms with Gasteiger partial charge < -0.3 is 15.2 Å². The molecule has 0 radical (unpaired) electrons. The number of anilines is 1. The molecule has 0 aliphatic carbocycles. The van der Waals surface area contributed by atoms with Crippen molar-refractivity contribution in [3.8, 4) is 5.75 Å². The highest BCUT2D eigenvalue weighted by Crippen LogP contribution is 2.21. The van der Waals surface area contributed by atoms with Crippen molar-refractivity contribution in [2.24, 2.45) is 0 Å². The average Bonchev–Trinajstić information content (AvgIpc) is 3.04. The lowest BCUT2D eigenvalue weighted by atomic mass is 10.1. The molecule has 0 aliphatic heterocycles. The molecule has 4 aromatic carbocycles. The van der Waals surface area contributed by atoms with Crippen molar-refractivity contribution < 1.29 is 14.6 Å². The summed E-state index contributed by atoms with van der Waals surface area (Å²) in [5.74, 6) is 0.674. The number of nitrogens with zero attached hydrogens (tertiary/aromatic N) is 2. The number of ether oxygens (including phenoxy) is 1. The lowest BCUT2D eigenvalue weighted by Crippen LogP contribution is -2.30. The predicted molar refractivity (Wildman–Crippen MR) is 171 cm³/mol. The molecule has 1 amide bonds. The molecule has 1 aromatic heterocycles. The number of para-hydroxylation sites is 1. The quantitative estimate of drug-likeness (QED) is 0.157. The number of aromatic nitrogens is 1. The van der Waals surface area contributed by atoms with Gasteiger partial charge in [-0.05, 0) is 65.1 Å². The van der Waals surface area contributed by atoms with Crippen LogP contribution >= 0.6 is 0 Å². The van der Waals surface area contributed by atoms with Gasteiger partial charge in [-0.1, -0.05) is 91.0 Å². The molecule has 0 saturated carbocycles. The van der Waals surface area contributed by atoms with E-state index >= 15 is 0 Å². The molecule has 5 aromatic rings. The molecule has 5 rings (SSSR count). The van der Waals surface area contributed by atoms with Crippen LogP contribution in [-0.2, 0) is 30.8 Å². The molecule has 6 heteroatoms. The molecule has 1 atom stereocenters. The second-order valence-corrected chi connectivity index (χ2v) is 10.6. The third-order valence-electron chi connectivity index (χ3n) is 7.19. The summed E-state index contributed by atoms with van der Waals surface area (Å²) in [6, 6.07) is 41.5. The maximum absolute atomic E-state index is 12.5. The van der Waals surface area contributed by atoms with Gasteiger partial charge in [-0.2, -0.15) is 0 Å². The van der Waals surface area contributed by atoms with Crippen molar-refractivity contribution in [1.82, 2.24) is 9.88 Å². The number of amides is 1. The summed E-state index contributed by atoms with van der Waals surface area (Å²) in [6.07, 6.45) is 2.08. The number of pyridine rings is 1. The summed E-state index contributed by atoms with van der Waals surface area (Å²) in [5.41, 5.74) is 5.75. The van der Waals surface area contributed by atoms with E-state index in [4.69, 9.17) is 4.74 Å². The first-order valence-electron chi connectivity index (χ1n) is 14.6. The highest BCUT2D eigenvalue weighted by Gasteiger charge is 2.15. The van der Waals surface area contributed by atoms with Crippen molar-refractivity contribution in [3.05, 3.63) is 162 Å². The van der Waals surface area contributed by atoms with E-state index < -0.39 is 6.10 Å². The lowest BCUT2D eigenvalue weighted by molar-refractivity contribution is -0.115. The zero-order chi connectivity index (χ0) is 29.7. The van der Waals surface area contributed by atoms with Gasteiger partial charge >= 0.3 is 0 Å². The van der Waals surface area contributed by atoms with Crippen LogP contribution in [0.5, 0.6) is 5.75 Å². The van der Waals surface area contributed by atoms with Gasteiger partial charge in [0.15, 0.2) is 0 Å². The summed E-state index contributed by atoms with van der Waals surface area (Å²) in [5, 5.41) is 14.1. The van der Waals surface area contributed by atoms with Crippen molar-refractivity contribution in [1.29, 1.82) is 0 Å². The zero-order valence-corrected chi connectivity index (χ0v) is 24.2. The zero-order valence-electron chi connectivity index (χ0n) is 24.2. The highest BCUT2D eigenvalue weighted by molar-refractivity contribution is 5.91. The number of carbonyl (C=O) groups is 1. The fraction of sp³-hybridized carbons (Fsp3) is 0.189. The summed E-state index contributed by atoms with van der Waals surface area (Å²) in [7, 11) is 0. The fourth-order valence-electron chi connectivity index (χ4n) is 4.91. The second-order valence-electron chi connectivity index (χ2n) is 10.6. The smallest absolute Gasteiger partial charge is 0.230 e. The Balaban J connectivity index is 1.19. The molecular weight excluding hydrogens is 534 g/mol. The summed E-state index contributed by atoms with van der Waals surface area (Å²) in [6.45, 7) is 2.44. The first-order chi connectivity index (χ1) is 21.1. The van der Waals surface area contributed by atoms with Crippen LogP contribution in [0.4, 0.5) is 5.69 Å². The molecule has 0 fully saturated rings. The fourth-order valence-corrected chi connectivity index (χ4v) is 4.91. The van der Waals surface area contributed by atoms with Crippen molar-refractivity contribution in [2.45, 2.75) is 32.1 Å². The first-order valence-corrected chi connectivity index (χ1v) is 14.6. The van der Waals surface area contributed by atoms with Crippen LogP contribution in [0.2, 0.25) is 0 Å². The largest absolute Gasteiger partial charge is 0.489 e. The van der Waals surface area contributed by atoms with Crippen LogP contribution in [0.1, 0.15) is 34.1 Å². The van der Waals surface area contributed by atoms with Gasteiger partial charge in [0, 0.05) is 37.2 Å². The van der Waals surface area contributed by atoms with Crippen molar-refractivity contribution in [2.75, 3.05) is 18.4 Å². The topological polar surface area (TPSA) is 74.7 Å². The Morgan fingerprint density at radius 1 is 0.791 bits per heavy atom. The minimum Gasteiger partial charge on any atom is -0.489 e. The van der Waals surface area contributed by atoms with Crippen LogP contribution < -0.4 is 10.1 Å². The number of nitrogens with one attached hydrogen (secondary N) is 1. The van der Waals surface area contributed by atoms with Gasteiger partial charge in [-0.25, -0.2) is 0 Å². The van der Waals surface area contributed by atoms with E-state index in [1.54, 1.807) is 6.20 Å². The number of aliphatic hydroxyl groups excluding tert-OH is 1. The summed E-state index contributed by atoms with van der Waals surface area (Å²) < 4.78 is 5.92. The average molecular weight is 572 g/mol. The van der Waals surface area contributed by atoms with Gasteiger partial charge in [-0.15, -0.1) is 0 Å². The Hall–Kier alpha value is -4.78. The van der Waals surface area contributed by atoms with Gasteiger partial charge in [-0.3, -0.25) is 14.7 Å². The molecule has 218 valence electrons. The third-order valence-corrected chi connectivity index (χ3v) is 7.19. The molecule has 0 bridgehead atoms. The normalized spacial score (nSPS) is 11.7. The molecule has 0 aliphatic rings. The monoisotopic (exact) mass is 571 g/mol. The lowest BCUT2D eigenvalue weighted by Gasteiger charge is -2.26. The number of aliphatic hydroxyl groups is 1. The van der Waals surface area contributed by atoms with E-state index in [2.05, 4.69) is 27.3 Å². The molecule has 2 N–H and O–H groups in total. The first kappa shape index (κ1) is 29.7. The van der Waals surface area contributed by atoms with Crippen LogP contribution in [-0.4, -0.2) is 34.0 Å².